The van der Waals surface area contributed by atoms with Crippen molar-refractivity contribution in [3.8, 4) is 11.5 Å². The predicted molar refractivity (Wildman–Crippen MR) is 152 cm³/mol. The standard InChI is InChI=1S/C18H15P.C12H17BrO2/c1-4-10-16(11-5-1)19(17-12-6-2-7-13-17)18-14-8-3-9-15-18;1-9(4-5-13)10-6-11(14-2)8-12(7-10)15-3/h1-15H;6-9H,4-5H2,1-3H3. The second kappa shape index (κ2) is 13.9. The van der Waals surface area contributed by atoms with Gasteiger partial charge in [0.15, 0.2) is 0 Å². The van der Waals surface area contributed by atoms with Crippen molar-refractivity contribution in [3.05, 3.63) is 115 Å². The number of hydrogen-bond acceptors (Lipinski definition) is 2. The Balaban J connectivity index is 0.000000197. The van der Waals surface area contributed by atoms with Gasteiger partial charge in [-0.25, -0.2) is 0 Å². The van der Waals surface area contributed by atoms with Crippen molar-refractivity contribution in [3.63, 3.8) is 0 Å². The lowest BCUT2D eigenvalue weighted by atomic mass is 9.98. The first-order chi connectivity index (χ1) is 16.7. The molecule has 4 aromatic carbocycles. The van der Waals surface area contributed by atoms with Crippen molar-refractivity contribution in [2.24, 2.45) is 0 Å². The normalized spacial score (nSPS) is 11.3. The summed E-state index contributed by atoms with van der Waals surface area (Å²) < 4.78 is 10.5. The van der Waals surface area contributed by atoms with Crippen LogP contribution in [0.3, 0.4) is 0 Å². The van der Waals surface area contributed by atoms with E-state index in [1.165, 1.54) is 21.5 Å². The molecule has 0 spiro atoms. The van der Waals surface area contributed by atoms with Gasteiger partial charge in [-0.3, -0.25) is 0 Å². The van der Waals surface area contributed by atoms with Crippen LogP contribution in [0.5, 0.6) is 11.5 Å². The highest BCUT2D eigenvalue weighted by Crippen LogP contribution is 2.32. The monoisotopic (exact) mass is 534 g/mol. The number of methoxy groups -OCH3 is 2. The quantitative estimate of drug-likeness (QED) is 0.178. The third-order valence-electron chi connectivity index (χ3n) is 5.53. The molecule has 0 radical (unpaired) electrons. The third kappa shape index (κ3) is 7.45. The number of alkyl halides is 1. The van der Waals surface area contributed by atoms with Gasteiger partial charge in [0.05, 0.1) is 14.2 Å². The summed E-state index contributed by atoms with van der Waals surface area (Å²) >= 11 is 3.46. The van der Waals surface area contributed by atoms with E-state index in [1.54, 1.807) is 14.2 Å². The summed E-state index contributed by atoms with van der Waals surface area (Å²) in [6, 6.07) is 38.3. The van der Waals surface area contributed by atoms with E-state index in [2.05, 4.69) is 126 Å². The van der Waals surface area contributed by atoms with Crippen molar-refractivity contribution in [2.75, 3.05) is 19.5 Å². The van der Waals surface area contributed by atoms with Gasteiger partial charge >= 0.3 is 0 Å². The van der Waals surface area contributed by atoms with Gasteiger partial charge in [-0.05, 0) is 53.9 Å². The highest BCUT2D eigenvalue weighted by Gasteiger charge is 2.15. The molecule has 1 unspecified atom stereocenters. The van der Waals surface area contributed by atoms with Crippen molar-refractivity contribution in [1.82, 2.24) is 0 Å². The molecule has 0 bridgehead atoms. The van der Waals surface area contributed by atoms with E-state index in [4.69, 9.17) is 9.47 Å². The number of rotatable bonds is 8. The smallest absolute Gasteiger partial charge is 0.122 e. The molecular formula is C30H32BrO2P. The molecule has 4 rings (SSSR count). The topological polar surface area (TPSA) is 18.5 Å². The fourth-order valence-corrected chi connectivity index (χ4v) is 6.61. The molecule has 2 nitrogen and oxygen atoms in total. The van der Waals surface area contributed by atoms with E-state index in [1.807, 2.05) is 6.07 Å². The van der Waals surface area contributed by atoms with Crippen LogP contribution in [0.2, 0.25) is 0 Å². The first kappa shape index (κ1) is 26.0. The Morgan fingerprint density at radius 3 is 1.35 bits per heavy atom. The maximum atomic E-state index is 5.23. The molecule has 0 saturated heterocycles. The minimum absolute atomic E-state index is 0.446. The van der Waals surface area contributed by atoms with Crippen LogP contribution >= 0.6 is 23.9 Å². The minimum Gasteiger partial charge on any atom is -0.497 e. The zero-order valence-corrected chi connectivity index (χ0v) is 22.5. The molecule has 0 heterocycles. The van der Waals surface area contributed by atoms with E-state index in [0.717, 1.165) is 23.2 Å². The van der Waals surface area contributed by atoms with Crippen LogP contribution in [0.4, 0.5) is 0 Å². The van der Waals surface area contributed by atoms with Crippen LogP contribution in [0.15, 0.2) is 109 Å². The van der Waals surface area contributed by atoms with Crippen LogP contribution in [-0.2, 0) is 0 Å². The second-order valence-electron chi connectivity index (χ2n) is 7.87. The zero-order valence-electron chi connectivity index (χ0n) is 20.0. The molecule has 0 aliphatic carbocycles. The minimum atomic E-state index is -0.446. The molecule has 4 heteroatoms. The number of halogens is 1. The number of benzene rings is 4. The van der Waals surface area contributed by atoms with Crippen molar-refractivity contribution in [1.29, 1.82) is 0 Å². The molecule has 0 aliphatic rings. The van der Waals surface area contributed by atoms with E-state index in [0.29, 0.717) is 5.92 Å². The second-order valence-corrected chi connectivity index (χ2v) is 10.9. The summed E-state index contributed by atoms with van der Waals surface area (Å²) in [6.07, 6.45) is 1.11. The molecule has 0 aromatic heterocycles. The highest BCUT2D eigenvalue weighted by molar-refractivity contribution is 9.09. The Bertz CT molecular complexity index is 988. The average Bonchev–Trinajstić information content (AvgIpc) is 2.91. The van der Waals surface area contributed by atoms with Gasteiger partial charge in [0, 0.05) is 11.4 Å². The maximum absolute atomic E-state index is 5.23. The van der Waals surface area contributed by atoms with Gasteiger partial charge in [0.1, 0.15) is 11.5 Å². The summed E-state index contributed by atoms with van der Waals surface area (Å²) in [7, 11) is 2.90. The van der Waals surface area contributed by atoms with Crippen LogP contribution in [0.1, 0.15) is 24.8 Å². The van der Waals surface area contributed by atoms with Crippen LogP contribution in [-0.4, -0.2) is 19.5 Å². The van der Waals surface area contributed by atoms with Crippen molar-refractivity contribution >= 4 is 39.8 Å². The Morgan fingerprint density at radius 2 is 1.03 bits per heavy atom. The van der Waals surface area contributed by atoms with E-state index in [9.17, 15) is 0 Å². The Morgan fingerprint density at radius 1 is 0.647 bits per heavy atom. The summed E-state index contributed by atoms with van der Waals surface area (Å²) in [5, 5.41) is 5.20. The van der Waals surface area contributed by atoms with Crippen molar-refractivity contribution < 1.29 is 9.47 Å². The Kier molecular flexibility index (Phi) is 10.7. The fourth-order valence-electron chi connectivity index (χ4n) is 3.62. The lowest BCUT2D eigenvalue weighted by Crippen LogP contribution is -2.20. The molecule has 0 fully saturated rings. The number of ether oxygens (including phenoxy) is 2. The van der Waals surface area contributed by atoms with E-state index in [-0.39, 0.29) is 0 Å². The maximum Gasteiger partial charge on any atom is 0.122 e. The molecule has 0 amide bonds. The van der Waals surface area contributed by atoms with Gasteiger partial charge in [-0.15, -0.1) is 0 Å². The first-order valence-corrected chi connectivity index (χ1v) is 13.9. The first-order valence-electron chi connectivity index (χ1n) is 11.4. The average molecular weight is 535 g/mol. The van der Waals surface area contributed by atoms with Gasteiger partial charge < -0.3 is 9.47 Å². The molecular weight excluding hydrogens is 503 g/mol. The number of hydrogen-bond donors (Lipinski definition) is 0. The lowest BCUT2D eigenvalue weighted by molar-refractivity contribution is 0.392. The lowest BCUT2D eigenvalue weighted by Gasteiger charge is -2.18. The Hall–Kier alpha value is -2.61. The molecule has 0 aliphatic heterocycles. The molecule has 176 valence electrons. The summed E-state index contributed by atoms with van der Waals surface area (Å²) in [5.74, 6) is 2.21. The van der Waals surface area contributed by atoms with Gasteiger partial charge in [0.25, 0.3) is 0 Å². The largest absolute Gasteiger partial charge is 0.497 e. The Labute approximate surface area is 213 Å². The van der Waals surface area contributed by atoms with Crippen LogP contribution in [0, 0.1) is 0 Å². The van der Waals surface area contributed by atoms with Gasteiger partial charge in [0.2, 0.25) is 0 Å². The van der Waals surface area contributed by atoms with Crippen LogP contribution < -0.4 is 25.4 Å². The predicted octanol–water partition coefficient (Wildman–Crippen LogP) is 7.04. The molecule has 1 atom stereocenters. The molecule has 0 N–H and O–H groups in total. The molecule has 34 heavy (non-hydrogen) atoms. The zero-order chi connectivity index (χ0) is 24.2. The third-order valence-corrected chi connectivity index (χ3v) is 8.43. The SMILES string of the molecule is COc1cc(OC)cc(C(C)CCBr)c1.c1ccc(P(c2ccccc2)c2ccccc2)cc1. The summed E-state index contributed by atoms with van der Waals surface area (Å²) in [5.41, 5.74) is 1.26. The van der Waals surface area contributed by atoms with Gasteiger partial charge in [-0.1, -0.05) is 114 Å². The van der Waals surface area contributed by atoms with Gasteiger partial charge in [-0.2, -0.15) is 0 Å². The van der Waals surface area contributed by atoms with Crippen molar-refractivity contribution in [2.45, 2.75) is 19.3 Å². The van der Waals surface area contributed by atoms with Crippen LogP contribution in [0.25, 0.3) is 0 Å². The highest BCUT2D eigenvalue weighted by atomic mass is 79.9. The molecule has 0 saturated carbocycles. The molecule has 4 aromatic rings. The van der Waals surface area contributed by atoms with E-state index >= 15 is 0 Å². The van der Waals surface area contributed by atoms with E-state index < -0.39 is 7.92 Å². The fraction of sp³-hybridized carbons (Fsp3) is 0.200. The summed E-state index contributed by atoms with van der Waals surface area (Å²) in [4.78, 5) is 0. The summed E-state index contributed by atoms with van der Waals surface area (Å²) in [6.45, 7) is 2.20.